The van der Waals surface area contributed by atoms with Crippen LogP contribution in [0.2, 0.25) is 0 Å². The topological polar surface area (TPSA) is 17.1 Å². The van der Waals surface area contributed by atoms with Crippen molar-refractivity contribution in [2.24, 2.45) is 0 Å². The van der Waals surface area contributed by atoms with E-state index >= 15 is 0 Å². The SMILES string of the molecule is C=CC[C@](C)(C=O)c1ccccc1. The van der Waals surface area contributed by atoms with Crippen LogP contribution in [0.15, 0.2) is 43.0 Å². The first-order chi connectivity index (χ1) is 6.23. The van der Waals surface area contributed by atoms with Crippen LogP contribution in [0.3, 0.4) is 0 Å². The molecule has 1 aromatic rings. The van der Waals surface area contributed by atoms with E-state index in [-0.39, 0.29) is 0 Å². The molecule has 0 fully saturated rings. The summed E-state index contributed by atoms with van der Waals surface area (Å²) in [5.41, 5.74) is 0.633. The molecule has 0 aliphatic rings. The molecule has 0 heterocycles. The average Bonchev–Trinajstić information content (AvgIpc) is 2.19. The summed E-state index contributed by atoms with van der Waals surface area (Å²) in [4.78, 5) is 11.0. The third-order valence-electron chi connectivity index (χ3n) is 2.26. The molecule has 13 heavy (non-hydrogen) atoms. The largest absolute Gasteiger partial charge is 0.302 e. The summed E-state index contributed by atoms with van der Waals surface area (Å²) in [6, 6.07) is 9.78. The Kier molecular flexibility index (Phi) is 3.02. The fourth-order valence-electron chi connectivity index (χ4n) is 1.35. The second-order valence-corrected chi connectivity index (χ2v) is 3.39. The number of hydrogen-bond acceptors (Lipinski definition) is 1. The van der Waals surface area contributed by atoms with Crippen LogP contribution in [0.5, 0.6) is 0 Å². The van der Waals surface area contributed by atoms with Crippen LogP contribution in [0.1, 0.15) is 18.9 Å². The fraction of sp³-hybridized carbons (Fsp3) is 0.250. The smallest absolute Gasteiger partial charge is 0.130 e. The van der Waals surface area contributed by atoms with Crippen molar-refractivity contribution in [2.45, 2.75) is 18.8 Å². The summed E-state index contributed by atoms with van der Waals surface area (Å²) in [5, 5.41) is 0. The summed E-state index contributed by atoms with van der Waals surface area (Å²) < 4.78 is 0. The number of carbonyl (C=O) groups is 1. The number of carbonyl (C=O) groups excluding carboxylic acids is 1. The summed E-state index contributed by atoms with van der Waals surface area (Å²) in [6.07, 6.45) is 3.45. The van der Waals surface area contributed by atoms with E-state index in [1.165, 1.54) is 0 Å². The summed E-state index contributed by atoms with van der Waals surface area (Å²) in [6.45, 7) is 5.59. The highest BCUT2D eigenvalue weighted by molar-refractivity contribution is 5.68. The van der Waals surface area contributed by atoms with Crippen LogP contribution < -0.4 is 0 Å². The maximum atomic E-state index is 11.0. The van der Waals surface area contributed by atoms with Gasteiger partial charge in [0.15, 0.2) is 0 Å². The predicted octanol–water partition coefficient (Wildman–Crippen LogP) is 2.72. The lowest BCUT2D eigenvalue weighted by Crippen LogP contribution is -2.22. The second kappa shape index (κ2) is 4.04. The highest BCUT2D eigenvalue weighted by Gasteiger charge is 2.23. The molecule has 1 heteroatoms. The van der Waals surface area contributed by atoms with Crippen molar-refractivity contribution in [1.82, 2.24) is 0 Å². The van der Waals surface area contributed by atoms with Crippen molar-refractivity contribution < 1.29 is 4.79 Å². The van der Waals surface area contributed by atoms with Crippen molar-refractivity contribution >= 4 is 6.29 Å². The Bertz CT molecular complexity index is 289. The molecule has 0 unspecified atom stereocenters. The van der Waals surface area contributed by atoms with Gasteiger partial charge in [0.25, 0.3) is 0 Å². The molecule has 0 N–H and O–H groups in total. The quantitative estimate of drug-likeness (QED) is 0.506. The first kappa shape index (κ1) is 9.72. The normalized spacial score (nSPS) is 14.5. The lowest BCUT2D eigenvalue weighted by Gasteiger charge is -2.21. The van der Waals surface area contributed by atoms with Crippen molar-refractivity contribution in [2.75, 3.05) is 0 Å². The van der Waals surface area contributed by atoms with Crippen LogP contribution in [0.25, 0.3) is 0 Å². The van der Waals surface area contributed by atoms with E-state index < -0.39 is 5.41 Å². The Morgan fingerprint density at radius 1 is 1.38 bits per heavy atom. The molecule has 0 saturated heterocycles. The molecule has 1 atom stereocenters. The minimum atomic E-state index is -0.414. The van der Waals surface area contributed by atoms with E-state index in [1.54, 1.807) is 6.08 Å². The van der Waals surface area contributed by atoms with Gasteiger partial charge in [-0.15, -0.1) is 6.58 Å². The highest BCUT2D eigenvalue weighted by Crippen LogP contribution is 2.25. The zero-order valence-electron chi connectivity index (χ0n) is 7.86. The molecule has 1 nitrogen and oxygen atoms in total. The number of hydrogen-bond donors (Lipinski definition) is 0. The van der Waals surface area contributed by atoms with E-state index in [9.17, 15) is 4.79 Å². The molecule has 1 aromatic carbocycles. The molecular weight excluding hydrogens is 160 g/mol. The summed E-state index contributed by atoms with van der Waals surface area (Å²) >= 11 is 0. The summed E-state index contributed by atoms with van der Waals surface area (Å²) in [7, 11) is 0. The van der Waals surface area contributed by atoms with Gasteiger partial charge in [-0.3, -0.25) is 0 Å². The van der Waals surface area contributed by atoms with E-state index in [2.05, 4.69) is 6.58 Å². The number of benzene rings is 1. The molecule has 0 radical (unpaired) electrons. The first-order valence-corrected chi connectivity index (χ1v) is 4.36. The van der Waals surface area contributed by atoms with Gasteiger partial charge in [-0.1, -0.05) is 36.4 Å². The highest BCUT2D eigenvalue weighted by atomic mass is 16.1. The zero-order valence-corrected chi connectivity index (χ0v) is 7.86. The van der Waals surface area contributed by atoms with Gasteiger partial charge in [-0.25, -0.2) is 0 Å². The van der Waals surface area contributed by atoms with Crippen LogP contribution >= 0.6 is 0 Å². The monoisotopic (exact) mass is 174 g/mol. The van der Waals surface area contributed by atoms with Crippen LogP contribution in [0, 0.1) is 0 Å². The van der Waals surface area contributed by atoms with Gasteiger partial charge in [-0.2, -0.15) is 0 Å². The molecule has 0 aliphatic heterocycles. The Morgan fingerprint density at radius 3 is 2.46 bits per heavy atom. The van der Waals surface area contributed by atoms with Gasteiger partial charge in [-0.05, 0) is 18.9 Å². The molecule has 0 aromatic heterocycles. The maximum absolute atomic E-state index is 11.0. The minimum absolute atomic E-state index is 0.414. The van der Waals surface area contributed by atoms with Gasteiger partial charge in [0, 0.05) is 0 Å². The molecule has 0 saturated carbocycles. The molecule has 0 bridgehead atoms. The lowest BCUT2D eigenvalue weighted by molar-refractivity contribution is -0.112. The van der Waals surface area contributed by atoms with Crippen LogP contribution in [-0.2, 0) is 10.2 Å². The van der Waals surface area contributed by atoms with Crippen molar-refractivity contribution in [3.63, 3.8) is 0 Å². The second-order valence-electron chi connectivity index (χ2n) is 3.39. The van der Waals surface area contributed by atoms with Gasteiger partial charge >= 0.3 is 0 Å². The third kappa shape index (κ3) is 2.05. The standard InChI is InChI=1S/C12H14O/c1-3-9-12(2,10-13)11-7-5-4-6-8-11/h3-8,10H,1,9H2,2H3/t12-/m1/s1. The van der Waals surface area contributed by atoms with Crippen molar-refractivity contribution in [1.29, 1.82) is 0 Å². The molecule has 0 amide bonds. The van der Waals surface area contributed by atoms with Crippen LogP contribution in [-0.4, -0.2) is 6.29 Å². The predicted molar refractivity (Wildman–Crippen MR) is 54.7 cm³/mol. The van der Waals surface area contributed by atoms with E-state index in [0.29, 0.717) is 6.42 Å². The number of aldehydes is 1. The van der Waals surface area contributed by atoms with E-state index in [0.717, 1.165) is 11.8 Å². The molecule has 68 valence electrons. The Morgan fingerprint density at radius 2 is 2.00 bits per heavy atom. The average molecular weight is 174 g/mol. The Hall–Kier alpha value is -1.37. The molecule has 1 rings (SSSR count). The number of allylic oxidation sites excluding steroid dienone is 1. The third-order valence-corrected chi connectivity index (χ3v) is 2.26. The summed E-state index contributed by atoms with van der Waals surface area (Å²) in [5.74, 6) is 0. The van der Waals surface area contributed by atoms with Crippen LogP contribution in [0.4, 0.5) is 0 Å². The van der Waals surface area contributed by atoms with Gasteiger partial charge in [0.2, 0.25) is 0 Å². The van der Waals surface area contributed by atoms with Crippen molar-refractivity contribution in [3.8, 4) is 0 Å². The minimum Gasteiger partial charge on any atom is -0.302 e. The Balaban J connectivity index is 3.02. The Labute approximate surface area is 79.1 Å². The molecule has 0 spiro atoms. The first-order valence-electron chi connectivity index (χ1n) is 4.36. The van der Waals surface area contributed by atoms with Gasteiger partial charge < -0.3 is 4.79 Å². The van der Waals surface area contributed by atoms with E-state index in [4.69, 9.17) is 0 Å². The van der Waals surface area contributed by atoms with E-state index in [1.807, 2.05) is 37.3 Å². The lowest BCUT2D eigenvalue weighted by atomic mass is 9.81. The molecular formula is C12H14O. The fourth-order valence-corrected chi connectivity index (χ4v) is 1.35. The number of rotatable bonds is 4. The molecule has 0 aliphatic carbocycles. The maximum Gasteiger partial charge on any atom is 0.130 e. The van der Waals surface area contributed by atoms with Gasteiger partial charge in [0.1, 0.15) is 6.29 Å². The van der Waals surface area contributed by atoms with Crippen molar-refractivity contribution in [3.05, 3.63) is 48.6 Å². The zero-order chi connectivity index (χ0) is 9.73. The van der Waals surface area contributed by atoms with Gasteiger partial charge in [0.05, 0.1) is 5.41 Å².